The minimum atomic E-state index is -0.467. The molecular formula is C14H23ClN2O2. The monoisotopic (exact) mass is 286 g/mol. The molecule has 0 saturated heterocycles. The fourth-order valence-electron chi connectivity index (χ4n) is 1.68. The number of hydrogen-bond donors (Lipinski definition) is 2. The van der Waals surface area contributed by atoms with E-state index in [0.717, 1.165) is 12.0 Å². The van der Waals surface area contributed by atoms with Crippen molar-refractivity contribution >= 4 is 24.0 Å². The molecule has 1 rings (SSSR count). The van der Waals surface area contributed by atoms with E-state index in [4.69, 9.17) is 10.5 Å². The van der Waals surface area contributed by atoms with Crippen LogP contribution in [0.4, 0.5) is 5.69 Å². The van der Waals surface area contributed by atoms with Crippen molar-refractivity contribution in [2.75, 3.05) is 11.9 Å². The molecule has 1 amide bonds. The number of carbonyl (C=O) groups is 1. The van der Waals surface area contributed by atoms with Crippen molar-refractivity contribution in [3.63, 3.8) is 0 Å². The number of anilines is 1. The number of aryl methyl sites for hydroxylation is 1. The Bertz CT molecular complexity index is 410. The summed E-state index contributed by atoms with van der Waals surface area (Å²) in [4.78, 5) is 11.9. The van der Waals surface area contributed by atoms with Crippen molar-refractivity contribution in [2.45, 2.75) is 39.7 Å². The molecule has 0 aliphatic carbocycles. The molecule has 1 aromatic carbocycles. The van der Waals surface area contributed by atoms with Crippen LogP contribution in [-0.2, 0) is 4.79 Å². The first kappa shape index (κ1) is 17.7. The minimum absolute atomic E-state index is 0. The summed E-state index contributed by atoms with van der Waals surface area (Å²) in [7, 11) is 0. The van der Waals surface area contributed by atoms with Gasteiger partial charge < -0.3 is 15.8 Å². The second-order valence-corrected chi connectivity index (χ2v) is 4.32. The molecule has 0 fully saturated rings. The van der Waals surface area contributed by atoms with Gasteiger partial charge in [-0.1, -0.05) is 19.4 Å². The number of nitrogens with one attached hydrogen (secondary N) is 1. The fraction of sp³-hybridized carbons (Fsp3) is 0.500. The average molecular weight is 287 g/mol. The van der Waals surface area contributed by atoms with Crippen LogP contribution < -0.4 is 15.8 Å². The Balaban J connectivity index is 0.00000324. The molecule has 0 bridgehead atoms. The smallest absolute Gasteiger partial charge is 0.241 e. The van der Waals surface area contributed by atoms with Crippen LogP contribution in [0.3, 0.4) is 0 Å². The summed E-state index contributed by atoms with van der Waals surface area (Å²) in [5.41, 5.74) is 7.55. The first-order valence-electron chi connectivity index (χ1n) is 6.38. The zero-order valence-electron chi connectivity index (χ0n) is 11.7. The molecular weight excluding hydrogens is 264 g/mol. The first-order valence-corrected chi connectivity index (χ1v) is 6.38. The van der Waals surface area contributed by atoms with Gasteiger partial charge in [0, 0.05) is 0 Å². The van der Waals surface area contributed by atoms with Gasteiger partial charge in [0.05, 0.1) is 18.3 Å². The Kier molecular flexibility index (Phi) is 8.19. The van der Waals surface area contributed by atoms with Crippen LogP contribution in [0, 0.1) is 6.92 Å². The van der Waals surface area contributed by atoms with Crippen LogP contribution in [0.2, 0.25) is 0 Å². The van der Waals surface area contributed by atoms with Gasteiger partial charge in [-0.05, 0) is 38.0 Å². The van der Waals surface area contributed by atoms with Crippen molar-refractivity contribution < 1.29 is 9.53 Å². The molecule has 1 atom stereocenters. The highest BCUT2D eigenvalue weighted by atomic mass is 35.5. The third kappa shape index (κ3) is 5.49. The number of halogens is 1. The van der Waals surface area contributed by atoms with Crippen LogP contribution in [0.5, 0.6) is 5.75 Å². The Morgan fingerprint density at radius 3 is 2.68 bits per heavy atom. The molecule has 0 radical (unpaired) electrons. The first-order chi connectivity index (χ1) is 8.58. The van der Waals surface area contributed by atoms with Crippen LogP contribution in [0.1, 0.15) is 32.3 Å². The van der Waals surface area contributed by atoms with Crippen molar-refractivity contribution in [1.82, 2.24) is 0 Å². The van der Waals surface area contributed by atoms with E-state index in [1.54, 1.807) is 0 Å². The maximum absolute atomic E-state index is 11.9. The van der Waals surface area contributed by atoms with Crippen molar-refractivity contribution in [1.29, 1.82) is 0 Å². The molecule has 0 heterocycles. The Labute approximate surface area is 121 Å². The third-order valence-corrected chi connectivity index (χ3v) is 2.63. The topological polar surface area (TPSA) is 64.4 Å². The Hall–Kier alpha value is -1.26. The highest BCUT2D eigenvalue weighted by Gasteiger charge is 2.14. The predicted octanol–water partition coefficient (Wildman–Crippen LogP) is 2.88. The van der Waals surface area contributed by atoms with Crippen LogP contribution in [-0.4, -0.2) is 18.6 Å². The van der Waals surface area contributed by atoms with E-state index in [1.807, 2.05) is 39.0 Å². The zero-order valence-corrected chi connectivity index (χ0v) is 12.5. The molecule has 1 aromatic rings. The number of rotatable bonds is 6. The van der Waals surface area contributed by atoms with E-state index in [2.05, 4.69) is 5.32 Å². The summed E-state index contributed by atoms with van der Waals surface area (Å²) >= 11 is 0. The average Bonchev–Trinajstić information content (AvgIpc) is 2.33. The zero-order chi connectivity index (χ0) is 13.5. The Morgan fingerprint density at radius 1 is 1.42 bits per heavy atom. The maximum Gasteiger partial charge on any atom is 0.241 e. The lowest BCUT2D eigenvalue weighted by atomic mass is 10.1. The van der Waals surface area contributed by atoms with Gasteiger partial charge in [-0.2, -0.15) is 0 Å². The van der Waals surface area contributed by atoms with Gasteiger partial charge in [0.2, 0.25) is 5.91 Å². The minimum Gasteiger partial charge on any atom is -0.492 e. The van der Waals surface area contributed by atoms with Gasteiger partial charge in [-0.3, -0.25) is 4.79 Å². The van der Waals surface area contributed by atoms with E-state index in [-0.39, 0.29) is 18.3 Å². The summed E-state index contributed by atoms with van der Waals surface area (Å²) in [5, 5.41) is 2.82. The van der Waals surface area contributed by atoms with Crippen molar-refractivity contribution in [3.05, 3.63) is 23.8 Å². The van der Waals surface area contributed by atoms with Gasteiger partial charge in [0.25, 0.3) is 0 Å². The standard InChI is InChI=1S/C14H22N2O2.ClH/c1-4-6-11(15)14(17)16-12-8-7-10(3)9-13(12)18-5-2;/h7-9,11H,4-6,15H2,1-3H3,(H,16,17);1H. The number of hydrogen-bond acceptors (Lipinski definition) is 3. The molecule has 3 N–H and O–H groups in total. The van der Waals surface area contributed by atoms with Crippen molar-refractivity contribution in [3.8, 4) is 5.75 Å². The molecule has 1 unspecified atom stereocenters. The van der Waals surface area contributed by atoms with Gasteiger partial charge >= 0.3 is 0 Å². The SMILES string of the molecule is CCCC(N)C(=O)Nc1ccc(C)cc1OCC.Cl. The molecule has 0 aliphatic rings. The largest absolute Gasteiger partial charge is 0.492 e. The van der Waals surface area contributed by atoms with Gasteiger partial charge in [0.15, 0.2) is 0 Å². The summed E-state index contributed by atoms with van der Waals surface area (Å²) in [6, 6.07) is 5.22. The lowest BCUT2D eigenvalue weighted by molar-refractivity contribution is -0.117. The predicted molar refractivity (Wildman–Crippen MR) is 81.1 cm³/mol. The van der Waals surface area contributed by atoms with E-state index < -0.39 is 6.04 Å². The van der Waals surface area contributed by atoms with Crippen LogP contribution in [0.15, 0.2) is 18.2 Å². The summed E-state index contributed by atoms with van der Waals surface area (Å²) < 4.78 is 5.50. The van der Waals surface area contributed by atoms with Gasteiger partial charge in [0.1, 0.15) is 5.75 Å². The normalized spacial score (nSPS) is 11.4. The van der Waals surface area contributed by atoms with Crippen LogP contribution in [0.25, 0.3) is 0 Å². The molecule has 19 heavy (non-hydrogen) atoms. The third-order valence-electron chi connectivity index (χ3n) is 2.63. The van der Waals surface area contributed by atoms with Gasteiger partial charge in [-0.25, -0.2) is 0 Å². The van der Waals surface area contributed by atoms with Gasteiger partial charge in [-0.15, -0.1) is 12.4 Å². The van der Waals surface area contributed by atoms with E-state index in [1.165, 1.54) is 0 Å². The number of ether oxygens (including phenoxy) is 1. The molecule has 0 aromatic heterocycles. The number of benzene rings is 1. The van der Waals surface area contributed by atoms with E-state index in [9.17, 15) is 4.79 Å². The summed E-state index contributed by atoms with van der Waals surface area (Å²) in [6.45, 7) is 6.46. The summed E-state index contributed by atoms with van der Waals surface area (Å²) in [6.07, 6.45) is 1.57. The van der Waals surface area contributed by atoms with Crippen LogP contribution >= 0.6 is 12.4 Å². The maximum atomic E-state index is 11.9. The van der Waals surface area contributed by atoms with E-state index in [0.29, 0.717) is 24.5 Å². The highest BCUT2D eigenvalue weighted by molar-refractivity contribution is 5.95. The quantitative estimate of drug-likeness (QED) is 0.845. The summed E-state index contributed by atoms with van der Waals surface area (Å²) in [5.74, 6) is 0.524. The molecule has 4 nitrogen and oxygen atoms in total. The number of carbonyl (C=O) groups excluding carboxylic acids is 1. The molecule has 0 spiro atoms. The lowest BCUT2D eigenvalue weighted by Crippen LogP contribution is -2.35. The molecule has 108 valence electrons. The Morgan fingerprint density at radius 2 is 2.11 bits per heavy atom. The lowest BCUT2D eigenvalue weighted by Gasteiger charge is -2.15. The second-order valence-electron chi connectivity index (χ2n) is 4.32. The molecule has 0 aliphatic heterocycles. The van der Waals surface area contributed by atoms with E-state index >= 15 is 0 Å². The number of nitrogens with two attached hydrogens (primary N) is 1. The second kappa shape index (κ2) is 8.77. The fourth-order valence-corrected chi connectivity index (χ4v) is 1.68. The highest BCUT2D eigenvalue weighted by Crippen LogP contribution is 2.25. The molecule has 0 saturated carbocycles. The van der Waals surface area contributed by atoms with Crippen molar-refractivity contribution in [2.24, 2.45) is 5.73 Å². The number of amides is 1. The molecule has 5 heteroatoms.